The molecule has 1 unspecified atom stereocenters. The quantitative estimate of drug-likeness (QED) is 0.594. The second-order valence-electron chi connectivity index (χ2n) is 7.46. The van der Waals surface area contributed by atoms with Gasteiger partial charge in [-0.3, -0.25) is 0 Å². The van der Waals surface area contributed by atoms with Crippen molar-refractivity contribution in [3.63, 3.8) is 0 Å². The van der Waals surface area contributed by atoms with E-state index in [-0.39, 0.29) is 0 Å². The SMILES string of the molecule is CC(C)(C)PC(C)(C)Cc1ccccc1-c1ccccc1. The van der Waals surface area contributed by atoms with Crippen molar-refractivity contribution < 1.29 is 0 Å². The Kier molecular flexibility index (Phi) is 4.89. The maximum atomic E-state index is 2.40. The molecule has 1 atom stereocenters. The van der Waals surface area contributed by atoms with Gasteiger partial charge in [-0.05, 0) is 33.4 Å². The Hall–Kier alpha value is -1.13. The van der Waals surface area contributed by atoms with Gasteiger partial charge in [-0.15, -0.1) is 8.58 Å². The molecule has 0 N–H and O–H groups in total. The highest BCUT2D eigenvalue weighted by atomic mass is 31.1. The number of hydrogen-bond donors (Lipinski definition) is 0. The number of hydrogen-bond acceptors (Lipinski definition) is 0. The third-order valence-electron chi connectivity index (χ3n) is 3.45. The van der Waals surface area contributed by atoms with Crippen molar-refractivity contribution in [2.75, 3.05) is 0 Å². The summed E-state index contributed by atoms with van der Waals surface area (Å²) in [6.45, 7) is 11.8. The molecule has 0 saturated carbocycles. The van der Waals surface area contributed by atoms with Crippen molar-refractivity contribution in [1.82, 2.24) is 0 Å². The van der Waals surface area contributed by atoms with Crippen molar-refractivity contribution in [1.29, 1.82) is 0 Å². The highest BCUT2D eigenvalue weighted by Gasteiger charge is 2.26. The Bertz CT molecular complexity index is 576. The van der Waals surface area contributed by atoms with E-state index in [1.54, 1.807) is 0 Å². The molecular weight excluding hydrogens is 271 g/mol. The smallest absolute Gasteiger partial charge is 0.0133 e. The van der Waals surface area contributed by atoms with Crippen LogP contribution >= 0.6 is 8.58 Å². The van der Waals surface area contributed by atoms with E-state index in [1.807, 2.05) is 0 Å². The van der Waals surface area contributed by atoms with Crippen LogP contribution in [0.3, 0.4) is 0 Å². The predicted molar refractivity (Wildman–Crippen MR) is 97.7 cm³/mol. The zero-order chi connectivity index (χ0) is 15.5. The van der Waals surface area contributed by atoms with Gasteiger partial charge >= 0.3 is 0 Å². The van der Waals surface area contributed by atoms with Crippen LogP contribution in [0.5, 0.6) is 0 Å². The zero-order valence-corrected chi connectivity index (χ0v) is 14.9. The fraction of sp³-hybridized carbons (Fsp3) is 0.400. The van der Waals surface area contributed by atoms with Crippen LogP contribution in [-0.4, -0.2) is 10.3 Å². The molecule has 0 saturated heterocycles. The molecule has 0 fully saturated rings. The summed E-state index contributed by atoms with van der Waals surface area (Å²) in [6, 6.07) is 19.6. The summed E-state index contributed by atoms with van der Waals surface area (Å²) < 4.78 is 0. The van der Waals surface area contributed by atoms with E-state index in [2.05, 4.69) is 89.2 Å². The zero-order valence-electron chi connectivity index (χ0n) is 13.9. The van der Waals surface area contributed by atoms with Crippen LogP contribution in [0.1, 0.15) is 40.2 Å². The van der Waals surface area contributed by atoms with E-state index < -0.39 is 0 Å². The maximum Gasteiger partial charge on any atom is -0.0133 e. The molecular formula is C20H27P. The monoisotopic (exact) mass is 298 g/mol. The van der Waals surface area contributed by atoms with Crippen molar-refractivity contribution >= 4 is 8.58 Å². The van der Waals surface area contributed by atoms with E-state index in [4.69, 9.17) is 0 Å². The van der Waals surface area contributed by atoms with Crippen LogP contribution in [0.4, 0.5) is 0 Å². The summed E-state index contributed by atoms with van der Waals surface area (Å²) in [6.07, 6.45) is 1.13. The molecule has 0 aliphatic carbocycles. The first-order valence-electron chi connectivity index (χ1n) is 7.70. The first kappa shape index (κ1) is 16.2. The Morgan fingerprint density at radius 2 is 1.33 bits per heavy atom. The number of benzene rings is 2. The molecule has 2 aromatic rings. The minimum Gasteiger partial charge on any atom is -0.110 e. The largest absolute Gasteiger partial charge is 0.110 e. The lowest BCUT2D eigenvalue weighted by Gasteiger charge is -2.33. The molecule has 0 spiro atoms. The summed E-state index contributed by atoms with van der Waals surface area (Å²) in [5, 5.41) is 0.730. The third-order valence-corrected chi connectivity index (χ3v) is 5.05. The molecule has 1 heteroatoms. The van der Waals surface area contributed by atoms with Gasteiger partial charge in [0.1, 0.15) is 0 Å². The fourth-order valence-corrected chi connectivity index (χ4v) is 5.42. The van der Waals surface area contributed by atoms with E-state index >= 15 is 0 Å². The molecule has 0 aliphatic heterocycles. The topological polar surface area (TPSA) is 0 Å². The molecule has 2 rings (SSSR count). The molecule has 0 heterocycles. The summed E-state index contributed by atoms with van der Waals surface area (Å²) in [5.74, 6) is 0. The van der Waals surface area contributed by atoms with Gasteiger partial charge < -0.3 is 0 Å². The molecule has 0 bridgehead atoms. The molecule has 112 valence electrons. The van der Waals surface area contributed by atoms with Crippen molar-refractivity contribution in [3.8, 4) is 11.1 Å². The summed E-state index contributed by atoms with van der Waals surface area (Å²) in [7, 11) is 0.948. The minimum absolute atomic E-state index is 0.336. The third kappa shape index (κ3) is 4.97. The lowest BCUT2D eigenvalue weighted by molar-refractivity contribution is 0.668. The lowest BCUT2D eigenvalue weighted by atomic mass is 9.93. The van der Waals surface area contributed by atoms with Crippen molar-refractivity contribution in [2.24, 2.45) is 0 Å². The van der Waals surface area contributed by atoms with E-state index in [0.29, 0.717) is 10.3 Å². The highest BCUT2D eigenvalue weighted by Crippen LogP contribution is 2.45. The van der Waals surface area contributed by atoms with Gasteiger partial charge in [0.15, 0.2) is 0 Å². The summed E-state index contributed by atoms with van der Waals surface area (Å²) in [4.78, 5) is 0. The molecule has 2 aromatic carbocycles. The van der Waals surface area contributed by atoms with Gasteiger partial charge in [0.25, 0.3) is 0 Å². The molecule has 0 aromatic heterocycles. The predicted octanol–water partition coefficient (Wildman–Crippen LogP) is 6.15. The minimum atomic E-state index is 0.336. The van der Waals surface area contributed by atoms with Crippen LogP contribution in [0, 0.1) is 0 Å². The second-order valence-corrected chi connectivity index (χ2v) is 10.6. The Morgan fingerprint density at radius 3 is 1.95 bits per heavy atom. The normalized spacial score (nSPS) is 13.0. The number of rotatable bonds is 4. The van der Waals surface area contributed by atoms with E-state index in [1.165, 1.54) is 16.7 Å². The van der Waals surface area contributed by atoms with Crippen molar-refractivity contribution in [2.45, 2.75) is 51.4 Å². The van der Waals surface area contributed by atoms with Gasteiger partial charge in [-0.1, -0.05) is 89.2 Å². The molecule has 0 nitrogen and oxygen atoms in total. The molecule has 0 aliphatic rings. The van der Waals surface area contributed by atoms with Gasteiger partial charge in [0.2, 0.25) is 0 Å². The maximum absolute atomic E-state index is 2.40. The highest BCUT2D eigenvalue weighted by molar-refractivity contribution is 7.41. The van der Waals surface area contributed by atoms with Crippen LogP contribution in [0.2, 0.25) is 0 Å². The van der Waals surface area contributed by atoms with E-state index in [9.17, 15) is 0 Å². The molecule has 21 heavy (non-hydrogen) atoms. The molecule has 0 radical (unpaired) electrons. The Labute approximate surface area is 131 Å². The summed E-state index contributed by atoms with van der Waals surface area (Å²) in [5.41, 5.74) is 4.17. The molecule has 0 amide bonds. The van der Waals surface area contributed by atoms with Crippen LogP contribution in [0.25, 0.3) is 11.1 Å². The van der Waals surface area contributed by atoms with Gasteiger partial charge in [0.05, 0.1) is 0 Å². The average Bonchev–Trinajstić information content (AvgIpc) is 2.37. The standard InChI is InChI=1S/C20H27P/c1-19(2,3)21-20(4,5)15-17-13-9-10-14-18(17)16-11-7-6-8-12-16/h6-14,21H,15H2,1-5H3. The lowest BCUT2D eigenvalue weighted by Crippen LogP contribution is -2.24. The Balaban J connectivity index is 2.29. The van der Waals surface area contributed by atoms with Gasteiger partial charge in [0, 0.05) is 0 Å². The van der Waals surface area contributed by atoms with Crippen LogP contribution in [-0.2, 0) is 6.42 Å². The van der Waals surface area contributed by atoms with Gasteiger partial charge in [-0.25, -0.2) is 0 Å². The van der Waals surface area contributed by atoms with Crippen LogP contribution < -0.4 is 0 Å². The van der Waals surface area contributed by atoms with Crippen LogP contribution in [0.15, 0.2) is 54.6 Å². The van der Waals surface area contributed by atoms with Gasteiger partial charge in [-0.2, -0.15) is 0 Å². The average molecular weight is 298 g/mol. The first-order valence-corrected chi connectivity index (χ1v) is 8.70. The van der Waals surface area contributed by atoms with Crippen molar-refractivity contribution in [3.05, 3.63) is 60.2 Å². The summed E-state index contributed by atoms with van der Waals surface area (Å²) >= 11 is 0. The fourth-order valence-electron chi connectivity index (χ4n) is 3.11. The van der Waals surface area contributed by atoms with E-state index in [0.717, 1.165) is 15.0 Å². The second kappa shape index (κ2) is 6.32. The Morgan fingerprint density at radius 1 is 0.762 bits per heavy atom. The first-order chi connectivity index (χ1) is 9.77.